The predicted octanol–water partition coefficient (Wildman–Crippen LogP) is 2.99. The fourth-order valence-corrected chi connectivity index (χ4v) is 1.84. The quantitative estimate of drug-likeness (QED) is 0.780. The highest BCUT2D eigenvalue weighted by molar-refractivity contribution is 9.09. The molecule has 2 nitrogen and oxygen atoms in total. The molecule has 1 rings (SSSR count). The number of amides is 1. The first-order chi connectivity index (χ1) is 7.60. The molecule has 0 aliphatic heterocycles. The minimum Gasteiger partial charge on any atom is -0.338 e. The smallest absolute Gasteiger partial charge is 0.253 e. The maximum absolute atomic E-state index is 13.3. The Hall–Kier alpha value is -0.900. The molecule has 1 aromatic rings. The number of rotatable bonds is 4. The highest BCUT2D eigenvalue weighted by Crippen LogP contribution is 2.11. The third kappa shape index (κ3) is 3.04. The van der Waals surface area contributed by atoms with Crippen LogP contribution >= 0.6 is 15.9 Å². The number of halogens is 2. The van der Waals surface area contributed by atoms with E-state index in [0.717, 1.165) is 5.33 Å². The Morgan fingerprint density at radius 2 is 2.19 bits per heavy atom. The van der Waals surface area contributed by atoms with Gasteiger partial charge in [-0.25, -0.2) is 4.39 Å². The number of hydrogen-bond acceptors (Lipinski definition) is 1. The lowest BCUT2D eigenvalue weighted by Gasteiger charge is -2.19. The van der Waals surface area contributed by atoms with Crippen molar-refractivity contribution in [1.82, 2.24) is 4.90 Å². The molecule has 0 saturated carbocycles. The van der Waals surface area contributed by atoms with Crippen molar-refractivity contribution in [3.8, 4) is 0 Å². The Morgan fingerprint density at radius 3 is 2.69 bits per heavy atom. The monoisotopic (exact) mass is 287 g/mol. The summed E-state index contributed by atoms with van der Waals surface area (Å²) in [6.07, 6.45) is 0. The van der Waals surface area contributed by atoms with Crippen LogP contribution in [-0.4, -0.2) is 29.2 Å². The molecule has 0 spiro atoms. The van der Waals surface area contributed by atoms with E-state index in [1.165, 1.54) is 6.07 Å². The predicted molar refractivity (Wildman–Crippen MR) is 66.5 cm³/mol. The van der Waals surface area contributed by atoms with Crippen LogP contribution in [0.25, 0.3) is 0 Å². The van der Waals surface area contributed by atoms with Gasteiger partial charge in [0, 0.05) is 24.0 Å². The number of nitrogens with zero attached hydrogens (tertiary/aromatic N) is 1. The summed E-state index contributed by atoms with van der Waals surface area (Å²) in [6.45, 7) is 4.84. The van der Waals surface area contributed by atoms with E-state index in [1.54, 1.807) is 24.0 Å². The zero-order valence-corrected chi connectivity index (χ0v) is 11.1. The lowest BCUT2D eigenvalue weighted by Crippen LogP contribution is -2.32. The summed E-state index contributed by atoms with van der Waals surface area (Å²) >= 11 is 3.29. The van der Waals surface area contributed by atoms with E-state index < -0.39 is 0 Å². The second-order valence-corrected chi connectivity index (χ2v) is 4.33. The third-order valence-corrected chi connectivity index (χ3v) is 2.80. The van der Waals surface area contributed by atoms with Crippen LogP contribution in [0, 0.1) is 12.7 Å². The molecule has 0 bridgehead atoms. The summed E-state index contributed by atoms with van der Waals surface area (Å²) in [5.41, 5.74) is 0.964. The molecule has 88 valence electrons. The molecule has 0 saturated heterocycles. The van der Waals surface area contributed by atoms with Gasteiger partial charge in [0.1, 0.15) is 5.82 Å². The molecule has 0 unspecified atom stereocenters. The van der Waals surface area contributed by atoms with Crippen LogP contribution in [0.5, 0.6) is 0 Å². The van der Waals surface area contributed by atoms with E-state index >= 15 is 0 Å². The lowest BCUT2D eigenvalue weighted by atomic mass is 10.1. The van der Waals surface area contributed by atoms with Gasteiger partial charge in [0.15, 0.2) is 0 Å². The highest BCUT2D eigenvalue weighted by Gasteiger charge is 2.14. The van der Waals surface area contributed by atoms with Crippen molar-refractivity contribution in [2.75, 3.05) is 18.4 Å². The molecular weight excluding hydrogens is 273 g/mol. The number of alkyl halides is 1. The average Bonchev–Trinajstić information content (AvgIpc) is 2.28. The van der Waals surface area contributed by atoms with E-state index in [9.17, 15) is 9.18 Å². The summed E-state index contributed by atoms with van der Waals surface area (Å²) in [5.74, 6) is -0.457. The van der Waals surface area contributed by atoms with Crippen molar-refractivity contribution in [3.05, 3.63) is 35.1 Å². The molecule has 0 aromatic heterocycles. The summed E-state index contributed by atoms with van der Waals surface area (Å²) in [7, 11) is 0. The Kier molecular flexibility index (Phi) is 4.93. The van der Waals surface area contributed by atoms with Crippen molar-refractivity contribution >= 4 is 21.8 Å². The third-order valence-electron chi connectivity index (χ3n) is 2.44. The van der Waals surface area contributed by atoms with Crippen molar-refractivity contribution in [2.24, 2.45) is 0 Å². The number of hydrogen-bond donors (Lipinski definition) is 0. The Bertz CT molecular complexity index is 381. The van der Waals surface area contributed by atoms with Gasteiger partial charge >= 0.3 is 0 Å². The Labute approximate surface area is 104 Å². The molecule has 0 radical (unpaired) electrons. The second-order valence-electron chi connectivity index (χ2n) is 3.54. The van der Waals surface area contributed by atoms with Gasteiger partial charge in [0.2, 0.25) is 0 Å². The molecule has 0 aliphatic carbocycles. The number of aryl methyl sites for hydroxylation is 1. The average molecular weight is 288 g/mol. The summed E-state index contributed by atoms with van der Waals surface area (Å²) in [5, 5.41) is 0.723. The standard InChI is InChI=1S/C12H15BrFNO/c1-3-15(7-6-13)12(16)10-5-4-9(2)11(14)8-10/h4-5,8H,3,6-7H2,1-2H3. The number of carbonyl (C=O) groups is 1. The fourth-order valence-electron chi connectivity index (χ4n) is 1.41. The second kappa shape index (κ2) is 5.99. The molecule has 0 atom stereocenters. The van der Waals surface area contributed by atoms with E-state index in [1.807, 2.05) is 6.92 Å². The highest BCUT2D eigenvalue weighted by atomic mass is 79.9. The molecule has 4 heteroatoms. The Balaban J connectivity index is 2.90. The van der Waals surface area contributed by atoms with Gasteiger partial charge in [-0.15, -0.1) is 0 Å². The molecule has 16 heavy (non-hydrogen) atoms. The lowest BCUT2D eigenvalue weighted by molar-refractivity contribution is 0.0774. The van der Waals surface area contributed by atoms with Crippen molar-refractivity contribution in [3.63, 3.8) is 0 Å². The number of carbonyl (C=O) groups excluding carboxylic acids is 1. The summed E-state index contributed by atoms with van der Waals surface area (Å²) < 4.78 is 13.3. The van der Waals surface area contributed by atoms with Gasteiger partial charge in [0.05, 0.1) is 0 Å². The molecule has 1 amide bonds. The zero-order valence-electron chi connectivity index (χ0n) is 9.46. The maximum atomic E-state index is 13.3. The molecule has 1 aromatic carbocycles. The van der Waals surface area contributed by atoms with Crippen LogP contribution in [0.1, 0.15) is 22.8 Å². The first-order valence-electron chi connectivity index (χ1n) is 5.21. The van der Waals surface area contributed by atoms with Gasteiger partial charge < -0.3 is 4.90 Å². The van der Waals surface area contributed by atoms with Gasteiger partial charge in [-0.1, -0.05) is 22.0 Å². The molecule has 0 heterocycles. The van der Waals surface area contributed by atoms with E-state index in [4.69, 9.17) is 0 Å². The summed E-state index contributed by atoms with van der Waals surface area (Å²) in [6, 6.07) is 4.59. The van der Waals surface area contributed by atoms with E-state index in [0.29, 0.717) is 24.2 Å². The van der Waals surface area contributed by atoms with Gasteiger partial charge in [-0.05, 0) is 31.5 Å². The van der Waals surface area contributed by atoms with E-state index in [2.05, 4.69) is 15.9 Å². The molecule has 0 N–H and O–H groups in total. The first-order valence-corrected chi connectivity index (χ1v) is 6.33. The van der Waals surface area contributed by atoms with Crippen LogP contribution in [-0.2, 0) is 0 Å². The van der Waals surface area contributed by atoms with Crippen molar-refractivity contribution < 1.29 is 9.18 Å². The number of benzene rings is 1. The van der Waals surface area contributed by atoms with Gasteiger partial charge in [-0.2, -0.15) is 0 Å². The normalized spacial score (nSPS) is 10.2. The SMILES string of the molecule is CCN(CCBr)C(=O)c1ccc(C)c(F)c1. The fraction of sp³-hybridized carbons (Fsp3) is 0.417. The van der Waals surface area contributed by atoms with Gasteiger partial charge in [0.25, 0.3) is 5.91 Å². The molecular formula is C12H15BrFNO. The summed E-state index contributed by atoms with van der Waals surface area (Å²) in [4.78, 5) is 13.6. The minimum atomic E-state index is -0.333. The van der Waals surface area contributed by atoms with Crippen LogP contribution < -0.4 is 0 Å². The first kappa shape index (κ1) is 13.2. The maximum Gasteiger partial charge on any atom is 0.253 e. The zero-order chi connectivity index (χ0) is 12.1. The topological polar surface area (TPSA) is 20.3 Å². The van der Waals surface area contributed by atoms with Crippen molar-refractivity contribution in [1.29, 1.82) is 0 Å². The molecule has 0 fully saturated rings. The minimum absolute atomic E-state index is 0.124. The van der Waals surface area contributed by atoms with Crippen LogP contribution in [0.4, 0.5) is 4.39 Å². The van der Waals surface area contributed by atoms with Crippen LogP contribution in [0.15, 0.2) is 18.2 Å². The van der Waals surface area contributed by atoms with Crippen LogP contribution in [0.3, 0.4) is 0 Å². The largest absolute Gasteiger partial charge is 0.338 e. The van der Waals surface area contributed by atoms with Crippen molar-refractivity contribution in [2.45, 2.75) is 13.8 Å². The van der Waals surface area contributed by atoms with Gasteiger partial charge in [-0.3, -0.25) is 4.79 Å². The van der Waals surface area contributed by atoms with Crippen LogP contribution in [0.2, 0.25) is 0 Å². The Morgan fingerprint density at radius 1 is 1.50 bits per heavy atom. The molecule has 0 aliphatic rings. The van der Waals surface area contributed by atoms with E-state index in [-0.39, 0.29) is 11.7 Å².